The highest BCUT2D eigenvalue weighted by molar-refractivity contribution is 5.96. The molecule has 1 unspecified atom stereocenters. The summed E-state index contributed by atoms with van der Waals surface area (Å²) in [5, 5.41) is 15.0. The fourth-order valence-corrected chi connectivity index (χ4v) is 3.00. The Morgan fingerprint density at radius 3 is 2.21 bits per heavy atom. The molecule has 9 heteroatoms. The van der Waals surface area contributed by atoms with Crippen molar-refractivity contribution in [3.63, 3.8) is 0 Å². The van der Waals surface area contributed by atoms with Crippen LogP contribution in [0, 0.1) is 23.0 Å². The lowest BCUT2D eigenvalue weighted by atomic mass is 9.82. The van der Waals surface area contributed by atoms with Gasteiger partial charge in [-0.2, -0.15) is 0 Å². The van der Waals surface area contributed by atoms with Gasteiger partial charge < -0.3 is 14.0 Å². The van der Waals surface area contributed by atoms with Crippen molar-refractivity contribution in [1.82, 2.24) is 5.16 Å². The second-order valence-corrected chi connectivity index (χ2v) is 6.00. The van der Waals surface area contributed by atoms with Crippen molar-refractivity contribution in [3.05, 3.63) is 57.5 Å². The lowest BCUT2D eigenvalue weighted by Crippen LogP contribution is -2.34. The van der Waals surface area contributed by atoms with Crippen LogP contribution in [-0.4, -0.2) is 35.2 Å². The highest BCUT2D eigenvalue weighted by Gasteiger charge is 2.41. The Morgan fingerprint density at radius 2 is 1.71 bits per heavy atom. The van der Waals surface area contributed by atoms with E-state index in [4.69, 9.17) is 14.0 Å². The number of aromatic nitrogens is 1. The third-order valence-corrected chi connectivity index (χ3v) is 4.20. The summed E-state index contributed by atoms with van der Waals surface area (Å²) >= 11 is 0. The smallest absolute Gasteiger partial charge is 0.334 e. The minimum Gasteiger partial charge on any atom is -0.465 e. The van der Waals surface area contributed by atoms with Crippen molar-refractivity contribution in [3.8, 4) is 0 Å². The van der Waals surface area contributed by atoms with Gasteiger partial charge in [0.15, 0.2) is 11.6 Å². The molecule has 0 amide bonds. The number of carbonyl (C=O) groups is 2. The first-order valence-corrected chi connectivity index (χ1v) is 8.88. The van der Waals surface area contributed by atoms with E-state index in [1.165, 1.54) is 6.92 Å². The molecule has 9 nitrogen and oxygen atoms in total. The van der Waals surface area contributed by atoms with Gasteiger partial charge >= 0.3 is 17.6 Å². The number of esters is 2. The van der Waals surface area contributed by atoms with Crippen LogP contribution in [0.3, 0.4) is 0 Å². The second-order valence-electron chi connectivity index (χ2n) is 6.00. The Hall–Kier alpha value is -3.23. The van der Waals surface area contributed by atoms with E-state index < -0.39 is 28.7 Å². The largest absolute Gasteiger partial charge is 0.465 e. The van der Waals surface area contributed by atoms with Gasteiger partial charge in [0.05, 0.1) is 18.1 Å². The quantitative estimate of drug-likeness (QED) is 0.277. The number of rotatable bonds is 9. The molecule has 0 fully saturated rings. The number of aryl methyl sites for hydroxylation is 1. The van der Waals surface area contributed by atoms with Gasteiger partial charge in [0.2, 0.25) is 5.76 Å². The van der Waals surface area contributed by atoms with Gasteiger partial charge in [0.1, 0.15) is 0 Å². The van der Waals surface area contributed by atoms with Gasteiger partial charge in [0.25, 0.3) is 0 Å². The third-order valence-electron chi connectivity index (χ3n) is 4.20. The molecule has 0 N–H and O–H groups in total. The normalized spacial score (nSPS) is 11.9. The molecule has 1 heterocycles. The molecule has 28 heavy (non-hydrogen) atoms. The van der Waals surface area contributed by atoms with Gasteiger partial charge in [-0.05, 0) is 26.3 Å². The standard InChI is InChI=1S/C19H22N2O7/c1-4-26-18(22)16(19(23)27-5-2)14(13-9-7-6-8-10-13)11-15-17(21(24)25)12(3)20-28-15/h6-10,14,16H,4-5,11H2,1-3H3. The van der Waals surface area contributed by atoms with Crippen LogP contribution in [0.1, 0.15) is 36.8 Å². The Balaban J connectivity index is 2.52. The van der Waals surface area contributed by atoms with Crippen LogP contribution in [0.15, 0.2) is 34.9 Å². The molecule has 0 aliphatic carbocycles. The van der Waals surface area contributed by atoms with Crippen molar-refractivity contribution in [1.29, 1.82) is 0 Å². The molecule has 150 valence electrons. The maximum atomic E-state index is 12.6. The van der Waals surface area contributed by atoms with Gasteiger partial charge in [-0.3, -0.25) is 19.7 Å². The average Bonchev–Trinajstić information content (AvgIpc) is 3.03. The topological polar surface area (TPSA) is 122 Å². The molecule has 0 spiro atoms. The highest BCUT2D eigenvalue weighted by Crippen LogP contribution is 2.34. The van der Waals surface area contributed by atoms with Crippen LogP contribution in [0.2, 0.25) is 0 Å². The summed E-state index contributed by atoms with van der Waals surface area (Å²) < 4.78 is 15.3. The first-order valence-electron chi connectivity index (χ1n) is 8.88. The van der Waals surface area contributed by atoms with Crippen molar-refractivity contribution >= 4 is 17.6 Å². The molecule has 1 aromatic carbocycles. The van der Waals surface area contributed by atoms with Crippen LogP contribution < -0.4 is 0 Å². The molecule has 0 radical (unpaired) electrons. The molecule has 1 aromatic heterocycles. The molecule has 2 aromatic rings. The molecule has 0 bridgehead atoms. The van der Waals surface area contributed by atoms with E-state index in [1.807, 2.05) is 0 Å². The van der Waals surface area contributed by atoms with Crippen LogP contribution in [-0.2, 0) is 25.5 Å². The monoisotopic (exact) mass is 390 g/mol. The Labute approximate surface area is 161 Å². The lowest BCUT2D eigenvalue weighted by molar-refractivity contribution is -0.386. The Kier molecular flexibility index (Phi) is 7.25. The fourth-order valence-electron chi connectivity index (χ4n) is 3.00. The molecule has 0 aliphatic heterocycles. The van der Waals surface area contributed by atoms with Gasteiger partial charge in [0, 0.05) is 12.3 Å². The molecule has 0 saturated carbocycles. The molecular weight excluding hydrogens is 368 g/mol. The Morgan fingerprint density at radius 1 is 1.14 bits per heavy atom. The molecule has 0 aliphatic rings. The summed E-state index contributed by atoms with van der Waals surface area (Å²) in [5.74, 6) is -3.62. The average molecular weight is 390 g/mol. The summed E-state index contributed by atoms with van der Waals surface area (Å²) in [6.07, 6.45) is -0.0938. The van der Waals surface area contributed by atoms with E-state index in [0.29, 0.717) is 5.56 Å². The Bertz CT molecular complexity index is 814. The zero-order chi connectivity index (χ0) is 20.7. The first kappa shape index (κ1) is 21.1. The van der Waals surface area contributed by atoms with Crippen molar-refractivity contribution in [2.75, 3.05) is 13.2 Å². The third kappa shape index (κ3) is 4.73. The van der Waals surface area contributed by atoms with Crippen molar-refractivity contribution in [2.24, 2.45) is 5.92 Å². The summed E-state index contributed by atoms with van der Waals surface area (Å²) in [7, 11) is 0. The zero-order valence-electron chi connectivity index (χ0n) is 15.9. The van der Waals surface area contributed by atoms with Crippen molar-refractivity contribution in [2.45, 2.75) is 33.1 Å². The highest BCUT2D eigenvalue weighted by atomic mass is 16.6. The number of nitrogens with zero attached hydrogens (tertiary/aromatic N) is 2. The minimum atomic E-state index is -1.30. The lowest BCUT2D eigenvalue weighted by Gasteiger charge is -2.23. The van der Waals surface area contributed by atoms with E-state index in [9.17, 15) is 19.7 Å². The number of carbonyl (C=O) groups excluding carboxylic acids is 2. The summed E-state index contributed by atoms with van der Waals surface area (Å²) in [6.45, 7) is 4.87. The number of hydrogen-bond acceptors (Lipinski definition) is 8. The molecule has 2 rings (SSSR count). The zero-order valence-corrected chi connectivity index (χ0v) is 15.9. The first-order chi connectivity index (χ1) is 13.4. The van der Waals surface area contributed by atoms with E-state index in [-0.39, 0.29) is 36.8 Å². The summed E-state index contributed by atoms with van der Waals surface area (Å²) in [6, 6.07) is 8.73. The SMILES string of the molecule is CCOC(=O)C(C(=O)OCC)C(Cc1onc(C)c1[N+](=O)[O-])c1ccccc1. The van der Waals surface area contributed by atoms with Crippen LogP contribution in [0.5, 0.6) is 0 Å². The van der Waals surface area contributed by atoms with Crippen LogP contribution in [0.25, 0.3) is 0 Å². The van der Waals surface area contributed by atoms with Gasteiger partial charge in [-0.15, -0.1) is 0 Å². The number of nitro groups is 1. The van der Waals surface area contributed by atoms with E-state index >= 15 is 0 Å². The van der Waals surface area contributed by atoms with E-state index in [2.05, 4.69) is 5.16 Å². The second kappa shape index (κ2) is 9.63. The van der Waals surface area contributed by atoms with E-state index in [1.54, 1.807) is 44.2 Å². The number of hydrogen-bond donors (Lipinski definition) is 0. The summed E-state index contributed by atoms with van der Waals surface area (Å²) in [4.78, 5) is 36.0. The summed E-state index contributed by atoms with van der Waals surface area (Å²) in [5.41, 5.74) is 0.472. The van der Waals surface area contributed by atoms with E-state index in [0.717, 1.165) is 0 Å². The van der Waals surface area contributed by atoms with Gasteiger partial charge in [-0.25, -0.2) is 0 Å². The maximum Gasteiger partial charge on any atom is 0.334 e. The predicted octanol–water partition coefficient (Wildman–Crippen LogP) is 2.96. The fraction of sp³-hybridized carbons (Fsp3) is 0.421. The molecule has 1 atom stereocenters. The van der Waals surface area contributed by atoms with Crippen LogP contribution in [0.4, 0.5) is 5.69 Å². The predicted molar refractivity (Wildman–Crippen MR) is 97.5 cm³/mol. The molecule has 0 saturated heterocycles. The number of benzene rings is 1. The number of ether oxygens (including phenoxy) is 2. The maximum absolute atomic E-state index is 12.6. The van der Waals surface area contributed by atoms with Gasteiger partial charge in [-0.1, -0.05) is 35.5 Å². The molecular formula is C19H22N2O7. The minimum absolute atomic E-state index is 0.0186. The van der Waals surface area contributed by atoms with Crippen LogP contribution >= 0.6 is 0 Å². The van der Waals surface area contributed by atoms with Crippen molar-refractivity contribution < 1.29 is 28.5 Å².